The molecule has 0 aliphatic heterocycles. The van der Waals surface area contributed by atoms with E-state index >= 15 is 0 Å². The maximum Gasteiger partial charge on any atom is 0.417 e. The molecule has 0 aliphatic rings. The molecule has 1 amide bonds. The van der Waals surface area contributed by atoms with Gasteiger partial charge < -0.3 is 5.32 Å². The van der Waals surface area contributed by atoms with Crippen molar-refractivity contribution in [3.05, 3.63) is 33.8 Å². The average Bonchev–Trinajstić information content (AvgIpc) is 2.33. The van der Waals surface area contributed by atoms with Gasteiger partial charge in [0.25, 0.3) is 5.91 Å². The highest BCUT2D eigenvalue weighted by molar-refractivity contribution is 9.10. The van der Waals surface area contributed by atoms with Crippen LogP contribution in [0.4, 0.5) is 13.2 Å². The van der Waals surface area contributed by atoms with E-state index in [9.17, 15) is 18.0 Å². The summed E-state index contributed by atoms with van der Waals surface area (Å²) in [6.07, 6.45) is -2.70. The SMILES string of the molecule is CC(C)CCCNC(=O)c1ccc(Br)c(C(F)(F)F)c1. The normalized spacial score (nSPS) is 11.8. The molecule has 0 aliphatic carbocycles. The Labute approximate surface area is 124 Å². The molecule has 2 nitrogen and oxygen atoms in total. The number of carbonyl (C=O) groups excluding carboxylic acids is 1. The van der Waals surface area contributed by atoms with Gasteiger partial charge in [0, 0.05) is 16.6 Å². The van der Waals surface area contributed by atoms with Crippen LogP contribution in [0.25, 0.3) is 0 Å². The summed E-state index contributed by atoms with van der Waals surface area (Å²) in [6, 6.07) is 3.48. The number of nitrogens with one attached hydrogen (secondary N) is 1. The van der Waals surface area contributed by atoms with Crippen molar-refractivity contribution in [2.24, 2.45) is 5.92 Å². The second kappa shape index (κ2) is 7.11. The first-order valence-electron chi connectivity index (χ1n) is 6.36. The van der Waals surface area contributed by atoms with E-state index in [0.717, 1.165) is 18.9 Å². The molecule has 6 heteroatoms. The number of amides is 1. The number of halogens is 4. The van der Waals surface area contributed by atoms with Crippen molar-refractivity contribution in [2.75, 3.05) is 6.54 Å². The second-order valence-electron chi connectivity index (χ2n) is 4.98. The Morgan fingerprint density at radius 1 is 1.35 bits per heavy atom. The van der Waals surface area contributed by atoms with Crippen molar-refractivity contribution < 1.29 is 18.0 Å². The van der Waals surface area contributed by atoms with E-state index in [1.54, 1.807) is 0 Å². The maximum absolute atomic E-state index is 12.7. The van der Waals surface area contributed by atoms with E-state index < -0.39 is 17.6 Å². The van der Waals surface area contributed by atoms with Gasteiger partial charge in [-0.2, -0.15) is 13.2 Å². The lowest BCUT2D eigenvalue weighted by atomic mass is 10.1. The number of alkyl halides is 3. The summed E-state index contributed by atoms with van der Waals surface area (Å²) in [6.45, 7) is 4.62. The van der Waals surface area contributed by atoms with Crippen LogP contribution < -0.4 is 5.32 Å². The summed E-state index contributed by atoms with van der Waals surface area (Å²) in [5.74, 6) is 0.0585. The molecule has 0 saturated heterocycles. The summed E-state index contributed by atoms with van der Waals surface area (Å²) in [4.78, 5) is 11.8. The van der Waals surface area contributed by atoms with Crippen LogP contribution >= 0.6 is 15.9 Å². The molecule has 1 aromatic rings. The first kappa shape index (κ1) is 17.0. The first-order valence-corrected chi connectivity index (χ1v) is 7.16. The fourth-order valence-electron chi connectivity index (χ4n) is 1.70. The minimum atomic E-state index is -4.48. The molecule has 1 rings (SSSR count). The lowest BCUT2D eigenvalue weighted by molar-refractivity contribution is -0.138. The average molecular weight is 352 g/mol. The number of rotatable bonds is 5. The highest BCUT2D eigenvalue weighted by atomic mass is 79.9. The molecule has 112 valence electrons. The highest BCUT2D eigenvalue weighted by Gasteiger charge is 2.33. The van der Waals surface area contributed by atoms with Crippen LogP contribution in [0.15, 0.2) is 22.7 Å². The summed E-state index contributed by atoms with van der Waals surface area (Å²) >= 11 is 2.84. The molecule has 0 aromatic heterocycles. The van der Waals surface area contributed by atoms with Crippen molar-refractivity contribution in [3.8, 4) is 0 Å². The fraction of sp³-hybridized carbons (Fsp3) is 0.500. The van der Waals surface area contributed by atoms with Crippen LogP contribution in [0.1, 0.15) is 42.6 Å². The van der Waals surface area contributed by atoms with Crippen LogP contribution in [0.5, 0.6) is 0 Å². The van der Waals surface area contributed by atoms with E-state index in [4.69, 9.17) is 0 Å². The third-order valence-electron chi connectivity index (χ3n) is 2.78. The van der Waals surface area contributed by atoms with E-state index in [0.29, 0.717) is 12.5 Å². The summed E-state index contributed by atoms with van der Waals surface area (Å²) < 4.78 is 38.1. The van der Waals surface area contributed by atoms with E-state index in [1.807, 2.05) is 0 Å². The molecular formula is C14H17BrF3NO. The third kappa shape index (κ3) is 5.15. The molecule has 0 saturated carbocycles. The standard InChI is InChI=1S/C14H17BrF3NO/c1-9(2)4-3-7-19-13(20)10-5-6-12(15)11(8-10)14(16,17)18/h5-6,8-9H,3-4,7H2,1-2H3,(H,19,20). The van der Waals surface area contributed by atoms with Gasteiger partial charge in [-0.1, -0.05) is 29.8 Å². The van der Waals surface area contributed by atoms with Crippen LogP contribution in [0.2, 0.25) is 0 Å². The van der Waals surface area contributed by atoms with Crippen LogP contribution in [0, 0.1) is 5.92 Å². The Hall–Kier alpha value is -1.04. The van der Waals surface area contributed by atoms with Gasteiger partial charge in [-0.3, -0.25) is 4.79 Å². The zero-order valence-electron chi connectivity index (χ0n) is 11.4. The summed E-state index contributed by atoms with van der Waals surface area (Å²) in [7, 11) is 0. The lowest BCUT2D eigenvalue weighted by Crippen LogP contribution is -2.25. The second-order valence-corrected chi connectivity index (χ2v) is 5.84. The molecule has 0 fully saturated rings. The van der Waals surface area contributed by atoms with Gasteiger partial charge >= 0.3 is 6.18 Å². The van der Waals surface area contributed by atoms with Crippen molar-refractivity contribution in [3.63, 3.8) is 0 Å². The monoisotopic (exact) mass is 351 g/mol. The zero-order chi connectivity index (χ0) is 15.3. The molecule has 1 N–H and O–H groups in total. The van der Waals surface area contributed by atoms with Gasteiger partial charge in [0.1, 0.15) is 0 Å². The largest absolute Gasteiger partial charge is 0.417 e. The summed E-state index contributed by atoms with van der Waals surface area (Å²) in [5, 5.41) is 2.63. The third-order valence-corrected chi connectivity index (χ3v) is 3.47. The van der Waals surface area contributed by atoms with Gasteiger partial charge in [-0.25, -0.2) is 0 Å². The predicted octanol–water partition coefficient (Wildman–Crippen LogP) is 4.63. The minimum absolute atomic E-state index is 0.0186. The lowest BCUT2D eigenvalue weighted by Gasteiger charge is -2.11. The van der Waals surface area contributed by atoms with Gasteiger partial charge in [0.2, 0.25) is 0 Å². The van der Waals surface area contributed by atoms with E-state index in [1.165, 1.54) is 12.1 Å². The van der Waals surface area contributed by atoms with Crippen molar-refractivity contribution in [2.45, 2.75) is 32.9 Å². The van der Waals surface area contributed by atoms with Crippen LogP contribution in [0.3, 0.4) is 0 Å². The quantitative estimate of drug-likeness (QED) is 0.769. The Morgan fingerprint density at radius 3 is 2.55 bits per heavy atom. The minimum Gasteiger partial charge on any atom is -0.352 e. The number of carbonyl (C=O) groups is 1. The molecule has 0 heterocycles. The van der Waals surface area contributed by atoms with Gasteiger partial charge in [0.05, 0.1) is 5.56 Å². The highest BCUT2D eigenvalue weighted by Crippen LogP contribution is 2.35. The van der Waals surface area contributed by atoms with Crippen molar-refractivity contribution >= 4 is 21.8 Å². The topological polar surface area (TPSA) is 29.1 Å². The molecular weight excluding hydrogens is 335 g/mol. The Morgan fingerprint density at radius 2 is 2.00 bits per heavy atom. The maximum atomic E-state index is 12.7. The van der Waals surface area contributed by atoms with Crippen molar-refractivity contribution in [1.29, 1.82) is 0 Å². The Kier molecular flexibility index (Phi) is 6.05. The molecule has 0 bridgehead atoms. The van der Waals surface area contributed by atoms with Gasteiger partial charge in [0.15, 0.2) is 0 Å². The first-order chi connectivity index (χ1) is 9.21. The van der Waals surface area contributed by atoms with E-state index in [-0.39, 0.29) is 10.0 Å². The van der Waals surface area contributed by atoms with Crippen molar-refractivity contribution in [1.82, 2.24) is 5.32 Å². The Balaban J connectivity index is 2.70. The Bertz CT molecular complexity index is 472. The molecule has 0 radical (unpaired) electrons. The fourth-order valence-corrected chi connectivity index (χ4v) is 2.17. The van der Waals surface area contributed by atoms with Gasteiger partial charge in [-0.15, -0.1) is 0 Å². The summed E-state index contributed by atoms with van der Waals surface area (Å²) in [5.41, 5.74) is -0.822. The number of hydrogen-bond donors (Lipinski definition) is 1. The molecule has 0 unspecified atom stereocenters. The smallest absolute Gasteiger partial charge is 0.352 e. The number of hydrogen-bond acceptors (Lipinski definition) is 1. The van der Waals surface area contributed by atoms with Crippen LogP contribution in [-0.4, -0.2) is 12.5 Å². The van der Waals surface area contributed by atoms with E-state index in [2.05, 4.69) is 35.1 Å². The molecule has 1 aromatic carbocycles. The molecule has 20 heavy (non-hydrogen) atoms. The molecule has 0 atom stereocenters. The zero-order valence-corrected chi connectivity index (χ0v) is 12.9. The number of benzene rings is 1. The molecule has 0 spiro atoms. The van der Waals surface area contributed by atoms with Gasteiger partial charge in [-0.05, 0) is 37.0 Å². The predicted molar refractivity (Wildman–Crippen MR) is 75.5 cm³/mol. The van der Waals surface area contributed by atoms with Crippen LogP contribution in [-0.2, 0) is 6.18 Å².